The maximum atomic E-state index is 12.7. The van der Waals surface area contributed by atoms with Crippen molar-refractivity contribution in [2.24, 2.45) is 5.92 Å². The molecule has 0 spiro atoms. The fourth-order valence-corrected chi connectivity index (χ4v) is 0.670. The van der Waals surface area contributed by atoms with Gasteiger partial charge < -0.3 is 0 Å². The summed E-state index contributed by atoms with van der Waals surface area (Å²) >= 11 is 0. The van der Waals surface area contributed by atoms with Crippen LogP contribution in [0, 0.1) is 28.6 Å². The van der Waals surface area contributed by atoms with Gasteiger partial charge in [-0.25, -0.2) is 22.0 Å². The second kappa shape index (κ2) is 5.38. The van der Waals surface area contributed by atoms with Crippen molar-refractivity contribution in [2.45, 2.75) is 24.9 Å². The smallest absolute Gasteiger partial charge is 0.242 e. The summed E-state index contributed by atoms with van der Waals surface area (Å²) in [5, 5.41) is 16.2. The zero-order valence-corrected chi connectivity index (χ0v) is 6.67. The predicted octanol–water partition coefficient (Wildman–Crippen LogP) is 1.93. The third kappa shape index (κ3) is 2.84. The first kappa shape index (κ1) is 12.6. The number of nitriles is 2. The number of halogens is 5. The molecule has 0 fully saturated rings. The summed E-state index contributed by atoms with van der Waals surface area (Å²) in [6.07, 6.45) is -13.0. The summed E-state index contributed by atoms with van der Waals surface area (Å²) in [6, 6.07) is 2.08. The Morgan fingerprint density at radius 3 is 1.43 bits per heavy atom. The lowest BCUT2D eigenvalue weighted by Gasteiger charge is -2.16. The molecule has 3 atom stereocenters. The van der Waals surface area contributed by atoms with Gasteiger partial charge in [0.15, 0.2) is 24.4 Å². The lowest BCUT2D eigenvalue weighted by Crippen LogP contribution is -2.36. The van der Waals surface area contributed by atoms with Crippen molar-refractivity contribution in [3.8, 4) is 12.1 Å². The average molecular weight is 212 g/mol. The molecule has 0 N–H and O–H groups in total. The van der Waals surface area contributed by atoms with Gasteiger partial charge in [0.05, 0.1) is 12.1 Å². The molecule has 0 amide bonds. The summed E-state index contributed by atoms with van der Waals surface area (Å²) in [5.74, 6) is -2.08. The molecular weight excluding hydrogens is 207 g/mol. The van der Waals surface area contributed by atoms with E-state index in [0.29, 0.717) is 0 Å². The first-order valence-electron chi connectivity index (χ1n) is 3.45. The molecule has 0 bridgehead atoms. The number of hydrogen-bond acceptors (Lipinski definition) is 2. The van der Waals surface area contributed by atoms with Crippen LogP contribution in [0.5, 0.6) is 0 Å². The molecule has 0 aliphatic rings. The van der Waals surface area contributed by atoms with Gasteiger partial charge in [0.25, 0.3) is 6.43 Å². The number of alkyl halides is 5. The van der Waals surface area contributed by atoms with E-state index in [1.165, 1.54) is 0 Å². The molecule has 78 valence electrons. The van der Waals surface area contributed by atoms with Crippen molar-refractivity contribution in [1.29, 1.82) is 10.5 Å². The van der Waals surface area contributed by atoms with Gasteiger partial charge in [-0.05, 0) is 0 Å². The van der Waals surface area contributed by atoms with E-state index in [-0.39, 0.29) is 0 Å². The Hall–Kier alpha value is -1.37. The minimum atomic E-state index is -3.68. The summed E-state index contributed by atoms with van der Waals surface area (Å²) in [6.45, 7) is 0. The molecule has 0 rings (SSSR count). The van der Waals surface area contributed by atoms with Gasteiger partial charge in [-0.2, -0.15) is 10.5 Å². The van der Waals surface area contributed by atoms with Gasteiger partial charge >= 0.3 is 0 Å². The van der Waals surface area contributed by atoms with Crippen molar-refractivity contribution in [3.05, 3.63) is 0 Å². The standard InChI is InChI=1S/C7H5F5N2/c8-4(3(1-13)2-14)5(9)6(10)7(11)12/h3-7H. The highest BCUT2D eigenvalue weighted by Crippen LogP contribution is 2.22. The van der Waals surface area contributed by atoms with Crippen LogP contribution >= 0.6 is 0 Å². The predicted molar refractivity (Wildman–Crippen MR) is 35.4 cm³/mol. The molecule has 0 aliphatic heterocycles. The fraction of sp³-hybridized carbons (Fsp3) is 0.714. The van der Waals surface area contributed by atoms with Gasteiger partial charge in [-0.15, -0.1) is 0 Å². The molecule has 3 unspecified atom stereocenters. The molecule has 7 heteroatoms. The van der Waals surface area contributed by atoms with Crippen LogP contribution in [0.3, 0.4) is 0 Å². The Balaban J connectivity index is 4.48. The molecule has 0 aromatic carbocycles. The van der Waals surface area contributed by atoms with E-state index in [9.17, 15) is 22.0 Å². The van der Waals surface area contributed by atoms with Crippen LogP contribution in [0.4, 0.5) is 22.0 Å². The largest absolute Gasteiger partial charge is 0.272 e. The lowest BCUT2D eigenvalue weighted by molar-refractivity contribution is -0.0267. The minimum Gasteiger partial charge on any atom is -0.242 e. The van der Waals surface area contributed by atoms with Crippen LogP contribution in [-0.2, 0) is 0 Å². The quantitative estimate of drug-likeness (QED) is 0.668. The molecule has 2 nitrogen and oxygen atoms in total. The molecule has 0 aromatic rings. The average Bonchev–Trinajstić information content (AvgIpc) is 2.17. The van der Waals surface area contributed by atoms with Crippen LogP contribution in [0.2, 0.25) is 0 Å². The van der Waals surface area contributed by atoms with Crippen LogP contribution in [0.1, 0.15) is 0 Å². The van der Waals surface area contributed by atoms with Gasteiger partial charge in [-0.3, -0.25) is 0 Å². The molecule has 0 saturated carbocycles. The topological polar surface area (TPSA) is 47.6 Å². The molecule has 0 heterocycles. The van der Waals surface area contributed by atoms with Crippen molar-refractivity contribution in [3.63, 3.8) is 0 Å². The van der Waals surface area contributed by atoms with Crippen molar-refractivity contribution in [2.75, 3.05) is 0 Å². The summed E-state index contributed by atoms with van der Waals surface area (Å²) in [4.78, 5) is 0. The second-order valence-electron chi connectivity index (χ2n) is 2.40. The van der Waals surface area contributed by atoms with Gasteiger partial charge in [0, 0.05) is 0 Å². The SMILES string of the molecule is N#CC(C#N)C(F)C(F)C(F)C(F)F. The molecular formula is C7H5F5N2. The first-order valence-corrected chi connectivity index (χ1v) is 3.45. The Labute approximate surface area is 76.5 Å². The van der Waals surface area contributed by atoms with Gasteiger partial charge in [-0.1, -0.05) is 0 Å². The Morgan fingerprint density at radius 2 is 1.14 bits per heavy atom. The third-order valence-corrected chi connectivity index (χ3v) is 1.45. The Bertz CT molecular complexity index is 242. The van der Waals surface area contributed by atoms with E-state index in [1.807, 2.05) is 0 Å². The Morgan fingerprint density at radius 1 is 0.714 bits per heavy atom. The third-order valence-electron chi connectivity index (χ3n) is 1.45. The maximum Gasteiger partial charge on any atom is 0.272 e. The van der Waals surface area contributed by atoms with Gasteiger partial charge in [0.1, 0.15) is 0 Å². The monoisotopic (exact) mass is 212 g/mol. The first-order chi connectivity index (χ1) is 6.45. The zero-order chi connectivity index (χ0) is 11.3. The number of nitrogens with zero attached hydrogens (tertiary/aromatic N) is 2. The molecule has 0 aromatic heterocycles. The van der Waals surface area contributed by atoms with Crippen molar-refractivity contribution >= 4 is 0 Å². The van der Waals surface area contributed by atoms with E-state index < -0.39 is 30.9 Å². The summed E-state index contributed by atoms with van der Waals surface area (Å²) in [7, 11) is 0. The van der Waals surface area contributed by atoms with E-state index in [1.54, 1.807) is 0 Å². The molecule has 0 radical (unpaired) electrons. The van der Waals surface area contributed by atoms with Crippen molar-refractivity contribution < 1.29 is 22.0 Å². The van der Waals surface area contributed by atoms with E-state index in [4.69, 9.17) is 10.5 Å². The van der Waals surface area contributed by atoms with Gasteiger partial charge in [0.2, 0.25) is 0 Å². The fourth-order valence-electron chi connectivity index (χ4n) is 0.670. The molecule has 0 aliphatic carbocycles. The summed E-state index contributed by atoms with van der Waals surface area (Å²) in [5.41, 5.74) is 0. The number of hydrogen-bond donors (Lipinski definition) is 0. The maximum absolute atomic E-state index is 12.7. The van der Waals surface area contributed by atoms with E-state index >= 15 is 0 Å². The molecule has 0 saturated heterocycles. The van der Waals surface area contributed by atoms with E-state index in [2.05, 4.69) is 0 Å². The van der Waals surface area contributed by atoms with Crippen molar-refractivity contribution in [1.82, 2.24) is 0 Å². The minimum absolute atomic E-state index is 1.04. The highest BCUT2D eigenvalue weighted by atomic mass is 19.3. The lowest BCUT2D eigenvalue weighted by atomic mass is 10.0. The van der Waals surface area contributed by atoms with Crippen LogP contribution in [0.15, 0.2) is 0 Å². The summed E-state index contributed by atoms with van der Waals surface area (Å²) < 4.78 is 60.6. The number of rotatable bonds is 4. The van der Waals surface area contributed by atoms with Crippen LogP contribution < -0.4 is 0 Å². The highest BCUT2D eigenvalue weighted by molar-refractivity contribution is 5.06. The Kier molecular flexibility index (Phi) is 4.85. The highest BCUT2D eigenvalue weighted by Gasteiger charge is 2.40. The van der Waals surface area contributed by atoms with Crippen LogP contribution in [0.25, 0.3) is 0 Å². The van der Waals surface area contributed by atoms with E-state index in [0.717, 1.165) is 12.1 Å². The van der Waals surface area contributed by atoms with Crippen LogP contribution in [-0.4, -0.2) is 24.9 Å². The normalized spacial score (nSPS) is 17.2. The zero-order valence-electron chi connectivity index (χ0n) is 6.67. The second-order valence-corrected chi connectivity index (χ2v) is 2.40. The molecule has 14 heavy (non-hydrogen) atoms.